The van der Waals surface area contributed by atoms with Crippen LogP contribution in [0.25, 0.3) is 0 Å². The van der Waals surface area contributed by atoms with E-state index in [-0.39, 0.29) is 22.0 Å². The van der Waals surface area contributed by atoms with Gasteiger partial charge in [0.1, 0.15) is 22.0 Å². The first-order valence-corrected chi connectivity index (χ1v) is 5.56. The van der Waals surface area contributed by atoms with Crippen LogP contribution in [-0.4, -0.2) is 26.5 Å². The van der Waals surface area contributed by atoms with Gasteiger partial charge in [0.2, 0.25) is 10.0 Å². The summed E-state index contributed by atoms with van der Waals surface area (Å²) in [7, 11) is -2.60. The molecule has 0 saturated carbocycles. The normalized spacial score (nSPS) is 11.7. The number of hydrogen-bond acceptors (Lipinski definition) is 4. The molecule has 2 N–H and O–H groups in total. The number of nitrogens with one attached hydrogen (secondary N) is 1. The van der Waals surface area contributed by atoms with E-state index in [2.05, 4.69) is 4.72 Å². The average molecular weight is 233 g/mol. The van der Waals surface area contributed by atoms with Gasteiger partial charge < -0.3 is 9.52 Å². The van der Waals surface area contributed by atoms with Gasteiger partial charge in [0.05, 0.1) is 0 Å². The first kappa shape index (κ1) is 11.7. The van der Waals surface area contributed by atoms with Crippen molar-refractivity contribution in [2.24, 2.45) is 0 Å². The van der Waals surface area contributed by atoms with E-state index in [1.807, 2.05) is 0 Å². The number of carbonyl (C=O) groups is 1. The molecule has 0 bridgehead atoms. The smallest absolute Gasteiger partial charge is 0.340 e. The van der Waals surface area contributed by atoms with E-state index in [4.69, 9.17) is 9.52 Å². The van der Waals surface area contributed by atoms with Crippen LogP contribution in [0.1, 0.15) is 21.9 Å². The topological polar surface area (TPSA) is 96.6 Å². The summed E-state index contributed by atoms with van der Waals surface area (Å²) in [4.78, 5) is 10.6. The van der Waals surface area contributed by atoms with Crippen LogP contribution >= 0.6 is 0 Å². The maximum Gasteiger partial charge on any atom is 0.340 e. The third-order valence-corrected chi connectivity index (χ3v) is 3.52. The molecule has 0 saturated heterocycles. The average Bonchev–Trinajstić information content (AvgIpc) is 2.41. The summed E-state index contributed by atoms with van der Waals surface area (Å²) < 4.78 is 30.1. The second kappa shape index (κ2) is 3.67. The third-order valence-electron chi connectivity index (χ3n) is 1.96. The Bertz CT molecular complexity index is 499. The molecular weight excluding hydrogens is 222 g/mol. The number of sulfonamides is 1. The van der Waals surface area contributed by atoms with Crippen LogP contribution in [0.5, 0.6) is 0 Å². The first-order chi connectivity index (χ1) is 6.81. The fourth-order valence-electron chi connectivity index (χ4n) is 1.34. The maximum atomic E-state index is 11.5. The summed E-state index contributed by atoms with van der Waals surface area (Å²) in [6.07, 6.45) is 0. The molecule has 0 atom stereocenters. The largest absolute Gasteiger partial charge is 0.478 e. The summed E-state index contributed by atoms with van der Waals surface area (Å²) in [6, 6.07) is 0. The summed E-state index contributed by atoms with van der Waals surface area (Å²) in [5.41, 5.74) is -0.318. The molecule has 1 rings (SSSR count). The molecule has 0 aliphatic heterocycles. The Labute approximate surface area is 87.0 Å². The fourth-order valence-corrected chi connectivity index (χ4v) is 2.46. The van der Waals surface area contributed by atoms with E-state index < -0.39 is 16.0 Å². The predicted molar refractivity (Wildman–Crippen MR) is 51.4 cm³/mol. The zero-order chi connectivity index (χ0) is 11.8. The molecule has 1 aromatic rings. The number of rotatable bonds is 3. The van der Waals surface area contributed by atoms with Gasteiger partial charge in [-0.05, 0) is 20.9 Å². The van der Waals surface area contributed by atoms with Crippen molar-refractivity contribution in [2.75, 3.05) is 7.05 Å². The Kier molecular flexibility index (Phi) is 2.87. The van der Waals surface area contributed by atoms with E-state index in [0.29, 0.717) is 0 Å². The van der Waals surface area contributed by atoms with Crippen molar-refractivity contribution >= 4 is 16.0 Å². The maximum absolute atomic E-state index is 11.5. The van der Waals surface area contributed by atoms with Gasteiger partial charge in [-0.15, -0.1) is 0 Å². The van der Waals surface area contributed by atoms with Gasteiger partial charge in [-0.3, -0.25) is 0 Å². The summed E-state index contributed by atoms with van der Waals surface area (Å²) in [5.74, 6) is -1.17. The highest BCUT2D eigenvalue weighted by Crippen LogP contribution is 2.25. The molecule has 0 radical (unpaired) electrons. The van der Waals surface area contributed by atoms with Crippen molar-refractivity contribution in [2.45, 2.75) is 18.7 Å². The van der Waals surface area contributed by atoms with Crippen LogP contribution < -0.4 is 4.72 Å². The van der Waals surface area contributed by atoms with Crippen LogP contribution in [0.4, 0.5) is 0 Å². The monoisotopic (exact) mass is 233 g/mol. The second-order valence-electron chi connectivity index (χ2n) is 2.93. The minimum atomic E-state index is -3.81. The summed E-state index contributed by atoms with van der Waals surface area (Å²) in [5, 5.41) is 8.87. The van der Waals surface area contributed by atoms with Gasteiger partial charge in [-0.2, -0.15) is 0 Å². The Morgan fingerprint density at radius 2 is 1.87 bits per heavy atom. The number of furan rings is 1. The lowest BCUT2D eigenvalue weighted by Gasteiger charge is -2.01. The van der Waals surface area contributed by atoms with Crippen molar-refractivity contribution in [1.82, 2.24) is 4.72 Å². The molecule has 15 heavy (non-hydrogen) atoms. The Balaban J connectivity index is 3.61. The van der Waals surface area contributed by atoms with Gasteiger partial charge in [0.15, 0.2) is 0 Å². The highest BCUT2D eigenvalue weighted by molar-refractivity contribution is 7.89. The van der Waals surface area contributed by atoms with Crippen molar-refractivity contribution in [3.05, 3.63) is 17.1 Å². The van der Waals surface area contributed by atoms with E-state index in [9.17, 15) is 13.2 Å². The molecule has 0 aromatic carbocycles. The molecule has 84 valence electrons. The van der Waals surface area contributed by atoms with Crippen LogP contribution in [0.2, 0.25) is 0 Å². The van der Waals surface area contributed by atoms with Gasteiger partial charge in [-0.25, -0.2) is 17.9 Å². The molecule has 0 amide bonds. The van der Waals surface area contributed by atoms with E-state index >= 15 is 0 Å². The quantitative estimate of drug-likeness (QED) is 0.792. The lowest BCUT2D eigenvalue weighted by Crippen LogP contribution is -2.21. The van der Waals surface area contributed by atoms with Crippen LogP contribution in [0.15, 0.2) is 9.31 Å². The van der Waals surface area contributed by atoms with Crippen molar-refractivity contribution < 1.29 is 22.7 Å². The molecule has 0 aliphatic rings. The van der Waals surface area contributed by atoms with Gasteiger partial charge in [-0.1, -0.05) is 0 Å². The minimum Gasteiger partial charge on any atom is -0.478 e. The van der Waals surface area contributed by atoms with Crippen LogP contribution in [0.3, 0.4) is 0 Å². The van der Waals surface area contributed by atoms with Gasteiger partial charge >= 0.3 is 5.97 Å². The highest BCUT2D eigenvalue weighted by Gasteiger charge is 2.29. The van der Waals surface area contributed by atoms with Crippen molar-refractivity contribution in [3.8, 4) is 0 Å². The van der Waals surface area contributed by atoms with E-state index in [0.717, 1.165) is 0 Å². The molecule has 1 heterocycles. The lowest BCUT2D eigenvalue weighted by molar-refractivity contribution is 0.0691. The van der Waals surface area contributed by atoms with Crippen molar-refractivity contribution in [1.29, 1.82) is 0 Å². The Morgan fingerprint density at radius 3 is 2.27 bits per heavy atom. The second-order valence-corrected chi connectivity index (χ2v) is 4.75. The predicted octanol–water partition coefficient (Wildman–Crippen LogP) is 0.503. The number of aromatic carboxylic acids is 1. The standard InChI is InChI=1S/C8H11NO5S/c1-4-6(8(10)11)7(5(2)14-4)15(12,13)9-3/h9H,1-3H3,(H,10,11). The lowest BCUT2D eigenvalue weighted by atomic mass is 10.2. The zero-order valence-corrected chi connectivity index (χ0v) is 9.30. The molecule has 1 aromatic heterocycles. The molecule has 0 aliphatic carbocycles. The number of carboxylic acid groups (broad SMARTS) is 1. The molecule has 0 spiro atoms. The number of hydrogen-bond donors (Lipinski definition) is 2. The Morgan fingerprint density at radius 1 is 1.33 bits per heavy atom. The van der Waals surface area contributed by atoms with Gasteiger partial charge in [0, 0.05) is 0 Å². The number of aryl methyl sites for hydroxylation is 2. The SMILES string of the molecule is CNS(=O)(=O)c1c(C)oc(C)c1C(=O)O. The van der Waals surface area contributed by atoms with Gasteiger partial charge in [0.25, 0.3) is 0 Å². The highest BCUT2D eigenvalue weighted by atomic mass is 32.2. The van der Waals surface area contributed by atoms with E-state index in [1.165, 1.54) is 20.9 Å². The molecule has 6 nitrogen and oxygen atoms in total. The van der Waals surface area contributed by atoms with Crippen molar-refractivity contribution in [3.63, 3.8) is 0 Å². The summed E-state index contributed by atoms with van der Waals surface area (Å²) >= 11 is 0. The van der Waals surface area contributed by atoms with E-state index in [1.54, 1.807) is 0 Å². The summed E-state index contributed by atoms with van der Waals surface area (Å²) in [6.45, 7) is 2.81. The van der Waals surface area contributed by atoms with Crippen LogP contribution in [-0.2, 0) is 10.0 Å². The first-order valence-electron chi connectivity index (χ1n) is 4.08. The van der Waals surface area contributed by atoms with Crippen LogP contribution in [0, 0.1) is 13.8 Å². The minimum absolute atomic E-state index is 0.0688. The fraction of sp³-hybridized carbons (Fsp3) is 0.375. The molecule has 7 heteroatoms. The number of carboxylic acids is 1. The molecule has 0 unspecified atom stereocenters. The Hall–Kier alpha value is -1.34. The third kappa shape index (κ3) is 1.88. The zero-order valence-electron chi connectivity index (χ0n) is 8.49. The molecule has 0 fully saturated rings. The molecular formula is C8H11NO5S.